The molecule has 1 aliphatic heterocycles. The number of rotatable bonds is 0. The number of dihydropyridines is 1. The Morgan fingerprint density at radius 1 is 1.33 bits per heavy atom. The minimum absolute atomic E-state index is 0. The molecule has 0 saturated carbocycles. The number of allylic oxidation sites excluding steroid dienone is 4. The minimum atomic E-state index is 0. The Morgan fingerprint density at radius 2 is 2.17 bits per heavy atom. The van der Waals surface area contributed by atoms with Gasteiger partial charge in [-0.05, 0) is 31.4 Å². The van der Waals surface area contributed by atoms with Gasteiger partial charge in [-0.15, -0.1) is 0 Å². The normalized spacial score (nSPS) is 25.9. The average Bonchev–Trinajstić information content (AvgIpc) is 2.04. The van der Waals surface area contributed by atoms with Crippen molar-refractivity contribution in [3.8, 4) is 0 Å². The summed E-state index contributed by atoms with van der Waals surface area (Å²) in [5, 5.41) is 3.46. The van der Waals surface area contributed by atoms with Crippen molar-refractivity contribution in [3.05, 3.63) is 35.6 Å². The Labute approximate surface area is 84.4 Å². The molecular weight excluding hydrogens is 161 g/mol. The van der Waals surface area contributed by atoms with Crippen LogP contribution in [0.5, 0.6) is 0 Å². The van der Waals surface area contributed by atoms with Crippen LogP contribution in [0.15, 0.2) is 35.6 Å². The summed E-state index contributed by atoms with van der Waals surface area (Å²) < 4.78 is 0. The molecule has 1 nitrogen and oxygen atoms in total. The fourth-order valence-electron chi connectivity index (χ4n) is 1.64. The predicted molar refractivity (Wildman–Crippen MR) is 52.9 cm³/mol. The lowest BCUT2D eigenvalue weighted by Crippen LogP contribution is -2.32. The van der Waals surface area contributed by atoms with Crippen LogP contribution in [0, 0.1) is 0 Å². The summed E-state index contributed by atoms with van der Waals surface area (Å²) in [5.41, 5.74) is 2.81. The first-order chi connectivity index (χ1) is 5.36. The molecule has 1 N–H and O–H groups in total. The molecule has 0 spiro atoms. The van der Waals surface area contributed by atoms with Gasteiger partial charge in [0.15, 0.2) is 0 Å². The zero-order valence-electron chi connectivity index (χ0n) is 7.38. The lowest BCUT2D eigenvalue weighted by molar-refractivity contribution is 0.612. The first kappa shape index (κ1) is 9.64. The van der Waals surface area contributed by atoms with E-state index in [1.54, 1.807) is 0 Å². The van der Waals surface area contributed by atoms with Crippen molar-refractivity contribution < 1.29 is 0 Å². The highest BCUT2D eigenvalue weighted by Crippen LogP contribution is 2.21. The predicted octanol–water partition coefficient (Wildman–Crippen LogP) is 1.76. The Hall–Kier alpha value is -0.448. The van der Waals surface area contributed by atoms with Gasteiger partial charge >= 0.3 is 0 Å². The van der Waals surface area contributed by atoms with Crippen LogP contribution >= 0.6 is 0 Å². The van der Waals surface area contributed by atoms with E-state index in [1.165, 1.54) is 11.3 Å². The first-order valence-electron chi connectivity index (χ1n) is 4.15. The van der Waals surface area contributed by atoms with Crippen LogP contribution in [-0.4, -0.2) is 23.4 Å². The number of hydrogen-bond acceptors (Lipinski definition) is 1. The van der Waals surface area contributed by atoms with E-state index in [9.17, 15) is 0 Å². The Kier molecular flexibility index (Phi) is 3.20. The molecule has 1 heterocycles. The van der Waals surface area contributed by atoms with Gasteiger partial charge in [0.1, 0.15) is 0 Å². The van der Waals surface area contributed by atoms with Crippen molar-refractivity contribution in [3.63, 3.8) is 0 Å². The van der Waals surface area contributed by atoms with E-state index in [1.807, 2.05) is 0 Å². The van der Waals surface area contributed by atoms with Gasteiger partial charge in [-0.2, -0.15) is 0 Å². The van der Waals surface area contributed by atoms with Crippen molar-refractivity contribution in [1.29, 1.82) is 0 Å². The summed E-state index contributed by atoms with van der Waals surface area (Å²) in [7, 11) is 0. The van der Waals surface area contributed by atoms with E-state index in [4.69, 9.17) is 0 Å². The lowest BCUT2D eigenvalue weighted by Gasteiger charge is -2.27. The fraction of sp³-hybridized carbons (Fsp3) is 0.400. The summed E-state index contributed by atoms with van der Waals surface area (Å²) in [6.07, 6.45) is 11.2. The smallest absolute Gasteiger partial charge is 0.0511 e. The summed E-state index contributed by atoms with van der Waals surface area (Å²) in [6, 6.07) is 0.588. The van der Waals surface area contributed by atoms with Gasteiger partial charge in [-0.3, -0.25) is 0 Å². The molecule has 12 heavy (non-hydrogen) atoms. The van der Waals surface area contributed by atoms with Crippen LogP contribution in [0.3, 0.4) is 0 Å². The second-order valence-corrected chi connectivity index (χ2v) is 3.20. The molecule has 2 rings (SSSR count). The van der Waals surface area contributed by atoms with Gasteiger partial charge in [0.2, 0.25) is 0 Å². The van der Waals surface area contributed by atoms with E-state index in [-0.39, 0.29) is 17.4 Å². The molecule has 0 amide bonds. The molecule has 61 valence electrons. The van der Waals surface area contributed by atoms with E-state index in [0.717, 1.165) is 12.8 Å². The maximum absolute atomic E-state index is 3.46. The molecule has 1 atom stereocenters. The molecule has 3 radical (unpaired) electrons. The fourth-order valence-corrected chi connectivity index (χ4v) is 1.64. The first-order valence-corrected chi connectivity index (χ1v) is 4.15. The molecule has 1 aliphatic carbocycles. The SMILES string of the molecule is CC1=CC=C2CC=CCC2N1.[Al]. The Morgan fingerprint density at radius 3 is 3.00 bits per heavy atom. The molecule has 0 aromatic carbocycles. The van der Waals surface area contributed by atoms with Crippen molar-refractivity contribution in [1.82, 2.24) is 5.32 Å². The maximum atomic E-state index is 3.46. The third-order valence-electron chi connectivity index (χ3n) is 2.29. The Balaban J connectivity index is 0.000000720. The molecule has 1 unspecified atom stereocenters. The van der Waals surface area contributed by atoms with Crippen molar-refractivity contribution in [2.24, 2.45) is 0 Å². The monoisotopic (exact) mass is 174 g/mol. The molecule has 0 fully saturated rings. The third kappa shape index (κ3) is 1.83. The third-order valence-corrected chi connectivity index (χ3v) is 2.29. The minimum Gasteiger partial charge on any atom is -0.382 e. The molecule has 0 bridgehead atoms. The van der Waals surface area contributed by atoms with Crippen LogP contribution in [0.2, 0.25) is 0 Å². The number of hydrogen-bond donors (Lipinski definition) is 1. The average molecular weight is 174 g/mol. The van der Waals surface area contributed by atoms with Crippen molar-refractivity contribution in [2.75, 3.05) is 0 Å². The van der Waals surface area contributed by atoms with Gasteiger partial charge in [0.05, 0.1) is 6.04 Å². The van der Waals surface area contributed by atoms with E-state index in [2.05, 4.69) is 36.5 Å². The highest BCUT2D eigenvalue weighted by molar-refractivity contribution is 5.75. The summed E-state index contributed by atoms with van der Waals surface area (Å²) in [4.78, 5) is 0. The van der Waals surface area contributed by atoms with Crippen LogP contribution in [0.1, 0.15) is 19.8 Å². The second-order valence-electron chi connectivity index (χ2n) is 3.20. The summed E-state index contributed by atoms with van der Waals surface area (Å²) >= 11 is 0. The van der Waals surface area contributed by atoms with E-state index in [0.29, 0.717) is 6.04 Å². The Bertz CT molecular complexity index is 251. The van der Waals surface area contributed by atoms with Gasteiger partial charge in [-0.1, -0.05) is 18.2 Å². The van der Waals surface area contributed by atoms with Crippen LogP contribution in [-0.2, 0) is 0 Å². The molecular formula is C10H13AlN. The molecule has 2 aliphatic rings. The quantitative estimate of drug-likeness (QED) is 0.436. The molecule has 0 aromatic rings. The number of nitrogens with one attached hydrogen (secondary N) is 1. The van der Waals surface area contributed by atoms with Gasteiger partial charge in [0, 0.05) is 23.1 Å². The summed E-state index contributed by atoms with van der Waals surface area (Å²) in [5.74, 6) is 0. The second kappa shape index (κ2) is 3.98. The number of fused-ring (bicyclic) bond motifs is 1. The summed E-state index contributed by atoms with van der Waals surface area (Å²) in [6.45, 7) is 2.12. The van der Waals surface area contributed by atoms with Gasteiger partial charge in [0.25, 0.3) is 0 Å². The van der Waals surface area contributed by atoms with Crippen LogP contribution in [0.4, 0.5) is 0 Å². The van der Waals surface area contributed by atoms with E-state index < -0.39 is 0 Å². The topological polar surface area (TPSA) is 12.0 Å². The van der Waals surface area contributed by atoms with Crippen LogP contribution in [0.25, 0.3) is 0 Å². The largest absolute Gasteiger partial charge is 0.382 e. The van der Waals surface area contributed by atoms with Gasteiger partial charge < -0.3 is 5.32 Å². The maximum Gasteiger partial charge on any atom is 0.0511 e. The van der Waals surface area contributed by atoms with Gasteiger partial charge in [-0.25, -0.2) is 0 Å². The molecule has 0 saturated heterocycles. The highest BCUT2D eigenvalue weighted by atomic mass is 27.0. The van der Waals surface area contributed by atoms with Crippen molar-refractivity contribution in [2.45, 2.75) is 25.8 Å². The molecule has 0 aromatic heterocycles. The van der Waals surface area contributed by atoms with E-state index >= 15 is 0 Å². The zero-order valence-corrected chi connectivity index (χ0v) is 8.53. The van der Waals surface area contributed by atoms with Crippen molar-refractivity contribution >= 4 is 17.4 Å². The van der Waals surface area contributed by atoms with Crippen LogP contribution < -0.4 is 5.32 Å². The zero-order chi connectivity index (χ0) is 7.68. The standard InChI is InChI=1S/C10H13N.Al/c1-8-6-7-9-4-2-3-5-10(9)11-8;/h2-3,6-7,10-11H,4-5H2,1H3;. The highest BCUT2D eigenvalue weighted by Gasteiger charge is 2.16. The lowest BCUT2D eigenvalue weighted by atomic mass is 9.93. The molecule has 2 heteroatoms.